The van der Waals surface area contributed by atoms with Crippen molar-refractivity contribution in [3.8, 4) is 5.75 Å². The van der Waals surface area contributed by atoms with Gasteiger partial charge in [0.05, 0.1) is 31.2 Å². The molecule has 1 aromatic heterocycles. The van der Waals surface area contributed by atoms with Crippen LogP contribution < -0.4 is 10.1 Å². The molecule has 2 atom stereocenters. The van der Waals surface area contributed by atoms with Gasteiger partial charge in [-0.3, -0.25) is 9.69 Å². The summed E-state index contributed by atoms with van der Waals surface area (Å²) >= 11 is 1.67. The largest absolute Gasteiger partial charge is 0.497 e. The van der Waals surface area contributed by atoms with Gasteiger partial charge in [0, 0.05) is 24.5 Å². The number of thiophene rings is 1. The van der Waals surface area contributed by atoms with Crippen LogP contribution in [0.15, 0.2) is 30.3 Å². The lowest BCUT2D eigenvalue weighted by molar-refractivity contribution is 0.0162. The highest BCUT2D eigenvalue weighted by Crippen LogP contribution is 2.32. The average molecular weight is 415 g/mol. The number of amides is 1. The molecule has 1 N–H and O–H groups in total. The minimum atomic E-state index is 0.0452. The second-order valence-electron chi connectivity index (χ2n) is 8.05. The molecule has 0 saturated carbocycles. The van der Waals surface area contributed by atoms with Crippen molar-refractivity contribution in [3.05, 3.63) is 51.2 Å². The van der Waals surface area contributed by atoms with Gasteiger partial charge in [-0.15, -0.1) is 11.3 Å². The summed E-state index contributed by atoms with van der Waals surface area (Å²) in [5.74, 6) is 1.61. The highest BCUT2D eigenvalue weighted by atomic mass is 32.1. The number of hydrogen-bond donors (Lipinski definition) is 1. The molecule has 0 bridgehead atoms. The smallest absolute Gasteiger partial charge is 0.261 e. The number of carbonyl (C=O) groups excluding carboxylic acids is 1. The van der Waals surface area contributed by atoms with Gasteiger partial charge in [-0.1, -0.05) is 19.1 Å². The van der Waals surface area contributed by atoms with Gasteiger partial charge < -0.3 is 14.8 Å². The van der Waals surface area contributed by atoms with E-state index in [0.29, 0.717) is 12.5 Å². The van der Waals surface area contributed by atoms with E-state index in [1.165, 1.54) is 22.4 Å². The second kappa shape index (κ2) is 9.28. The zero-order chi connectivity index (χ0) is 20.2. The Kier molecular flexibility index (Phi) is 6.53. The predicted molar refractivity (Wildman–Crippen MR) is 116 cm³/mol. The molecule has 2 aromatic rings. The Morgan fingerprint density at radius 2 is 2.07 bits per heavy atom. The summed E-state index contributed by atoms with van der Waals surface area (Å²) < 4.78 is 10.8. The summed E-state index contributed by atoms with van der Waals surface area (Å²) in [5, 5.41) is 3.20. The number of ether oxygens (including phenoxy) is 2. The lowest BCUT2D eigenvalue weighted by Gasteiger charge is -2.35. The van der Waals surface area contributed by atoms with E-state index in [0.717, 1.165) is 49.8 Å². The third-order valence-corrected chi connectivity index (χ3v) is 7.23. The van der Waals surface area contributed by atoms with Crippen LogP contribution in [0.5, 0.6) is 5.75 Å². The summed E-state index contributed by atoms with van der Waals surface area (Å²) in [5.41, 5.74) is 2.56. The van der Waals surface area contributed by atoms with E-state index in [-0.39, 0.29) is 11.9 Å². The fourth-order valence-electron chi connectivity index (χ4n) is 4.27. The number of morpholine rings is 1. The fourth-order valence-corrected chi connectivity index (χ4v) is 5.39. The molecule has 2 heterocycles. The van der Waals surface area contributed by atoms with Crippen molar-refractivity contribution in [1.29, 1.82) is 0 Å². The van der Waals surface area contributed by atoms with Crippen molar-refractivity contribution in [1.82, 2.24) is 10.2 Å². The maximum Gasteiger partial charge on any atom is 0.261 e. The molecule has 156 valence electrons. The zero-order valence-corrected chi connectivity index (χ0v) is 18.1. The minimum absolute atomic E-state index is 0.0452. The topological polar surface area (TPSA) is 50.8 Å². The normalized spacial score (nSPS) is 20.7. The molecule has 1 fully saturated rings. The van der Waals surface area contributed by atoms with Crippen molar-refractivity contribution in [2.24, 2.45) is 5.92 Å². The number of hydrogen-bond acceptors (Lipinski definition) is 5. The Labute approximate surface area is 177 Å². The fraction of sp³-hybridized carbons (Fsp3) is 0.522. The van der Waals surface area contributed by atoms with Crippen molar-refractivity contribution < 1.29 is 14.3 Å². The molecule has 1 saturated heterocycles. The van der Waals surface area contributed by atoms with Gasteiger partial charge in [0.15, 0.2) is 0 Å². The van der Waals surface area contributed by atoms with Crippen LogP contribution in [0.2, 0.25) is 0 Å². The van der Waals surface area contributed by atoms with Crippen LogP contribution in [0.1, 0.15) is 45.1 Å². The van der Waals surface area contributed by atoms with E-state index in [9.17, 15) is 4.79 Å². The highest BCUT2D eigenvalue weighted by Gasteiger charge is 2.25. The molecule has 0 spiro atoms. The summed E-state index contributed by atoms with van der Waals surface area (Å²) in [6.45, 7) is 6.09. The molecular weight excluding hydrogens is 384 g/mol. The van der Waals surface area contributed by atoms with Gasteiger partial charge >= 0.3 is 0 Å². The van der Waals surface area contributed by atoms with Crippen LogP contribution >= 0.6 is 11.3 Å². The first-order valence-corrected chi connectivity index (χ1v) is 11.3. The SMILES string of the molecule is COc1ccc([C@H](CNC(=O)c2cc3c(s2)CC[C@H](C)C3)N2CCOCC2)cc1. The molecule has 0 unspecified atom stereocenters. The molecule has 1 aliphatic heterocycles. The molecule has 29 heavy (non-hydrogen) atoms. The van der Waals surface area contributed by atoms with Crippen LogP contribution in [-0.4, -0.2) is 50.8 Å². The molecular formula is C23H30N2O3S. The summed E-state index contributed by atoms with van der Waals surface area (Å²) in [6, 6.07) is 10.4. The van der Waals surface area contributed by atoms with Crippen LogP contribution in [0, 0.1) is 5.92 Å². The van der Waals surface area contributed by atoms with E-state index in [4.69, 9.17) is 9.47 Å². The third-order valence-electron chi connectivity index (χ3n) is 6.00. The number of methoxy groups -OCH3 is 1. The first kappa shape index (κ1) is 20.4. The Bertz CT molecular complexity index is 827. The quantitative estimate of drug-likeness (QED) is 0.783. The van der Waals surface area contributed by atoms with Gasteiger partial charge in [0.1, 0.15) is 5.75 Å². The van der Waals surface area contributed by atoms with Gasteiger partial charge in [0.2, 0.25) is 0 Å². The molecule has 0 radical (unpaired) electrons. The Morgan fingerprint density at radius 1 is 1.31 bits per heavy atom. The first-order valence-electron chi connectivity index (χ1n) is 10.5. The van der Waals surface area contributed by atoms with Gasteiger partial charge in [0.25, 0.3) is 5.91 Å². The third kappa shape index (κ3) is 4.82. The molecule has 5 nitrogen and oxygen atoms in total. The van der Waals surface area contributed by atoms with Crippen molar-refractivity contribution in [2.45, 2.75) is 32.2 Å². The molecule has 1 aliphatic carbocycles. The van der Waals surface area contributed by atoms with Crippen molar-refractivity contribution >= 4 is 17.2 Å². The lowest BCUT2D eigenvalue weighted by Crippen LogP contribution is -2.43. The summed E-state index contributed by atoms with van der Waals surface area (Å²) in [6.07, 6.45) is 3.43. The van der Waals surface area contributed by atoms with Gasteiger partial charge in [-0.25, -0.2) is 0 Å². The number of fused-ring (bicyclic) bond motifs is 1. The van der Waals surface area contributed by atoms with Crippen LogP contribution in [0.4, 0.5) is 0 Å². The molecule has 6 heteroatoms. The number of carbonyl (C=O) groups is 1. The van der Waals surface area contributed by atoms with E-state index >= 15 is 0 Å². The highest BCUT2D eigenvalue weighted by molar-refractivity contribution is 7.14. The monoisotopic (exact) mass is 414 g/mol. The summed E-state index contributed by atoms with van der Waals surface area (Å²) in [7, 11) is 1.68. The number of nitrogens with one attached hydrogen (secondary N) is 1. The molecule has 1 aromatic carbocycles. The first-order chi connectivity index (χ1) is 14.1. The van der Waals surface area contributed by atoms with Crippen LogP contribution in [0.3, 0.4) is 0 Å². The van der Waals surface area contributed by atoms with Crippen molar-refractivity contribution in [2.75, 3.05) is 40.0 Å². The van der Waals surface area contributed by atoms with E-state index < -0.39 is 0 Å². The maximum atomic E-state index is 12.9. The minimum Gasteiger partial charge on any atom is -0.497 e. The molecule has 4 rings (SSSR count). The lowest BCUT2D eigenvalue weighted by atomic mass is 9.90. The average Bonchev–Trinajstić information content (AvgIpc) is 3.18. The number of benzene rings is 1. The van der Waals surface area contributed by atoms with Crippen LogP contribution in [0.25, 0.3) is 0 Å². The zero-order valence-electron chi connectivity index (χ0n) is 17.3. The Morgan fingerprint density at radius 3 is 2.79 bits per heavy atom. The van der Waals surface area contributed by atoms with Gasteiger partial charge in [-0.2, -0.15) is 0 Å². The van der Waals surface area contributed by atoms with Crippen LogP contribution in [-0.2, 0) is 17.6 Å². The number of aryl methyl sites for hydroxylation is 1. The number of nitrogens with zero attached hydrogens (tertiary/aromatic N) is 1. The molecule has 2 aliphatic rings. The predicted octanol–water partition coefficient (Wildman–Crippen LogP) is 3.68. The number of rotatable bonds is 6. The Hall–Kier alpha value is -1.89. The van der Waals surface area contributed by atoms with E-state index in [1.807, 2.05) is 12.1 Å². The Balaban J connectivity index is 1.46. The second-order valence-corrected chi connectivity index (χ2v) is 9.19. The summed E-state index contributed by atoms with van der Waals surface area (Å²) in [4.78, 5) is 17.5. The maximum absolute atomic E-state index is 12.9. The standard InChI is InChI=1S/C23H30N2O3S/c1-16-3-8-21-18(13-16)14-22(29-21)23(26)24-15-20(25-9-11-28-12-10-25)17-4-6-19(27-2)7-5-17/h4-7,14,16,20H,3,8-13,15H2,1-2H3,(H,24,26)/t16-,20-/m0/s1. The van der Waals surface area contributed by atoms with Crippen molar-refractivity contribution in [3.63, 3.8) is 0 Å². The molecule has 1 amide bonds. The van der Waals surface area contributed by atoms with Gasteiger partial charge in [-0.05, 0) is 54.5 Å². The van der Waals surface area contributed by atoms with E-state index in [2.05, 4.69) is 35.3 Å². The van der Waals surface area contributed by atoms with E-state index in [1.54, 1.807) is 18.4 Å².